The van der Waals surface area contributed by atoms with E-state index in [0.717, 1.165) is 62.5 Å². The lowest BCUT2D eigenvalue weighted by Crippen LogP contribution is -2.39. The fourth-order valence-corrected chi connectivity index (χ4v) is 4.14. The van der Waals surface area contributed by atoms with E-state index in [-0.39, 0.29) is 0 Å². The van der Waals surface area contributed by atoms with E-state index in [0.29, 0.717) is 5.92 Å². The fourth-order valence-electron chi connectivity index (χ4n) is 4.14. The molecule has 1 aliphatic heterocycles. The topological polar surface area (TPSA) is 67.5 Å². The number of hydrogen-bond donors (Lipinski definition) is 0. The minimum atomic E-state index is 0.699. The minimum Gasteiger partial charge on any atom is -0.383 e. The number of fused-ring (bicyclic) bond motifs is 1. The summed E-state index contributed by atoms with van der Waals surface area (Å²) in [4.78, 5) is 9.19. The van der Waals surface area contributed by atoms with Crippen molar-refractivity contribution in [1.29, 1.82) is 0 Å². The lowest BCUT2D eigenvalue weighted by Gasteiger charge is -2.35. The van der Waals surface area contributed by atoms with Gasteiger partial charge in [0.25, 0.3) is 0 Å². The Kier molecular flexibility index (Phi) is 6.82. The van der Waals surface area contributed by atoms with Crippen LogP contribution in [0.25, 0.3) is 11.0 Å². The molecular formula is C22H29N5O2. The van der Waals surface area contributed by atoms with Crippen LogP contribution in [0.2, 0.25) is 0 Å². The molecule has 2 aromatic heterocycles. The summed E-state index contributed by atoms with van der Waals surface area (Å²) in [6.07, 6.45) is 6.19. The van der Waals surface area contributed by atoms with Crippen molar-refractivity contribution in [1.82, 2.24) is 25.1 Å². The van der Waals surface area contributed by atoms with Gasteiger partial charge in [0.1, 0.15) is 11.0 Å². The Morgan fingerprint density at radius 2 is 1.93 bits per heavy atom. The normalized spacial score (nSPS) is 16.1. The Morgan fingerprint density at radius 3 is 2.72 bits per heavy atom. The number of pyridine rings is 1. The molecule has 0 amide bonds. The van der Waals surface area contributed by atoms with Gasteiger partial charge >= 0.3 is 0 Å². The number of likely N-dealkylation sites (tertiary alicyclic amines) is 1. The van der Waals surface area contributed by atoms with Crippen molar-refractivity contribution in [3.8, 4) is 0 Å². The molecule has 4 rings (SSSR count). The van der Waals surface area contributed by atoms with Gasteiger partial charge < -0.3 is 9.64 Å². The molecule has 0 bridgehead atoms. The van der Waals surface area contributed by atoms with Gasteiger partial charge in [0.15, 0.2) is 0 Å². The third-order valence-corrected chi connectivity index (χ3v) is 5.75. The Morgan fingerprint density at radius 1 is 1.10 bits per heavy atom. The van der Waals surface area contributed by atoms with Crippen LogP contribution in [-0.4, -0.2) is 65.0 Å². The van der Waals surface area contributed by atoms with Crippen LogP contribution in [0.4, 0.5) is 0 Å². The molecule has 1 fully saturated rings. The number of methoxy groups -OCH3 is 1. The second-order valence-corrected chi connectivity index (χ2v) is 7.85. The van der Waals surface area contributed by atoms with Crippen LogP contribution in [0.15, 0.2) is 47.4 Å². The zero-order chi connectivity index (χ0) is 19.9. The fraction of sp³-hybridized carbons (Fsp3) is 0.500. The maximum atomic E-state index is 5.22. The van der Waals surface area contributed by atoms with Crippen molar-refractivity contribution in [2.75, 3.05) is 39.9 Å². The zero-order valence-electron chi connectivity index (χ0n) is 17.0. The van der Waals surface area contributed by atoms with Crippen molar-refractivity contribution in [3.63, 3.8) is 0 Å². The summed E-state index contributed by atoms with van der Waals surface area (Å²) < 4.78 is 10.2. The Bertz CT molecular complexity index is 877. The van der Waals surface area contributed by atoms with Gasteiger partial charge in [-0.3, -0.25) is 9.88 Å². The predicted octanol–water partition coefficient (Wildman–Crippen LogP) is 2.98. The molecule has 3 aromatic rings. The monoisotopic (exact) mass is 395 g/mol. The summed E-state index contributed by atoms with van der Waals surface area (Å²) in [5.41, 5.74) is 4.12. The van der Waals surface area contributed by atoms with Crippen LogP contribution < -0.4 is 0 Å². The number of ether oxygens (including phenoxy) is 1. The molecule has 7 heteroatoms. The number of hydrogen-bond acceptors (Lipinski definition) is 7. The largest absolute Gasteiger partial charge is 0.383 e. The van der Waals surface area contributed by atoms with Gasteiger partial charge in [-0.1, -0.05) is 12.1 Å². The quantitative estimate of drug-likeness (QED) is 0.552. The summed E-state index contributed by atoms with van der Waals surface area (Å²) in [5.74, 6) is 0.699. The highest BCUT2D eigenvalue weighted by molar-refractivity contribution is 5.76. The molecular weight excluding hydrogens is 366 g/mol. The van der Waals surface area contributed by atoms with Gasteiger partial charge in [0, 0.05) is 45.7 Å². The third kappa shape index (κ3) is 5.38. The van der Waals surface area contributed by atoms with Crippen molar-refractivity contribution >= 4 is 11.0 Å². The summed E-state index contributed by atoms with van der Waals surface area (Å²) in [5, 5.41) is 8.11. The van der Waals surface area contributed by atoms with Gasteiger partial charge in [-0.15, -0.1) is 0 Å². The van der Waals surface area contributed by atoms with Crippen LogP contribution in [0.3, 0.4) is 0 Å². The van der Waals surface area contributed by atoms with E-state index in [9.17, 15) is 0 Å². The van der Waals surface area contributed by atoms with Crippen LogP contribution in [0.1, 0.15) is 24.0 Å². The van der Waals surface area contributed by atoms with E-state index in [1.165, 1.54) is 18.4 Å². The second-order valence-electron chi connectivity index (χ2n) is 7.85. The number of benzene rings is 1. The zero-order valence-corrected chi connectivity index (χ0v) is 17.0. The number of aromatic nitrogens is 3. The highest BCUT2D eigenvalue weighted by Crippen LogP contribution is 2.23. The molecule has 1 aliphatic rings. The van der Waals surface area contributed by atoms with E-state index in [1.807, 2.05) is 24.5 Å². The Balaban J connectivity index is 1.44. The van der Waals surface area contributed by atoms with Crippen LogP contribution in [0.5, 0.6) is 0 Å². The molecule has 0 unspecified atom stereocenters. The third-order valence-electron chi connectivity index (χ3n) is 5.75. The minimum absolute atomic E-state index is 0.699. The average molecular weight is 396 g/mol. The van der Waals surface area contributed by atoms with E-state index in [2.05, 4.69) is 43.3 Å². The standard InChI is InChI=1S/C22H29N5O2/c1-28-14-13-26-11-7-19(8-12-26)16-27(15-18-5-9-23-10-6-18)17-20-3-2-4-21-22(20)25-29-24-21/h2-6,9-10,19H,7-8,11-17H2,1H3. The van der Waals surface area contributed by atoms with E-state index in [4.69, 9.17) is 9.37 Å². The molecule has 154 valence electrons. The number of piperidine rings is 1. The van der Waals surface area contributed by atoms with Crippen LogP contribution >= 0.6 is 0 Å². The van der Waals surface area contributed by atoms with Crippen molar-refractivity contribution in [2.24, 2.45) is 5.92 Å². The second kappa shape index (κ2) is 9.91. The summed E-state index contributed by atoms with van der Waals surface area (Å²) in [6, 6.07) is 10.3. The van der Waals surface area contributed by atoms with Gasteiger partial charge in [0.2, 0.25) is 0 Å². The van der Waals surface area contributed by atoms with Gasteiger partial charge in [-0.25, -0.2) is 4.63 Å². The van der Waals surface area contributed by atoms with E-state index < -0.39 is 0 Å². The number of nitrogens with zero attached hydrogens (tertiary/aromatic N) is 5. The Labute approximate surface area is 171 Å². The molecule has 29 heavy (non-hydrogen) atoms. The average Bonchev–Trinajstić information content (AvgIpc) is 3.24. The lowest BCUT2D eigenvalue weighted by atomic mass is 9.95. The molecule has 0 radical (unpaired) electrons. The van der Waals surface area contributed by atoms with Crippen LogP contribution in [-0.2, 0) is 17.8 Å². The van der Waals surface area contributed by atoms with E-state index >= 15 is 0 Å². The first-order valence-corrected chi connectivity index (χ1v) is 10.3. The van der Waals surface area contributed by atoms with Gasteiger partial charge in [-0.2, -0.15) is 0 Å². The molecule has 0 atom stereocenters. The first kappa shape index (κ1) is 19.9. The number of rotatable bonds is 9. The smallest absolute Gasteiger partial charge is 0.139 e. The SMILES string of the molecule is COCCN1CCC(CN(Cc2ccncc2)Cc2cccc3nonc23)CC1. The van der Waals surface area contributed by atoms with Gasteiger partial charge in [0.05, 0.1) is 6.61 Å². The molecule has 0 saturated carbocycles. The molecule has 0 aliphatic carbocycles. The summed E-state index contributed by atoms with van der Waals surface area (Å²) in [7, 11) is 1.77. The van der Waals surface area contributed by atoms with Crippen LogP contribution in [0, 0.1) is 5.92 Å². The van der Waals surface area contributed by atoms with Crippen molar-refractivity contribution < 1.29 is 9.37 Å². The summed E-state index contributed by atoms with van der Waals surface area (Å²) in [6.45, 7) is 6.95. The molecule has 0 spiro atoms. The predicted molar refractivity (Wildman–Crippen MR) is 111 cm³/mol. The summed E-state index contributed by atoms with van der Waals surface area (Å²) >= 11 is 0. The molecule has 7 nitrogen and oxygen atoms in total. The first-order chi connectivity index (χ1) is 14.3. The molecule has 1 saturated heterocycles. The van der Waals surface area contributed by atoms with Gasteiger partial charge in [-0.05, 0) is 71.5 Å². The van der Waals surface area contributed by atoms with E-state index in [1.54, 1.807) is 7.11 Å². The Hall–Kier alpha value is -2.35. The first-order valence-electron chi connectivity index (χ1n) is 10.3. The highest BCUT2D eigenvalue weighted by atomic mass is 16.6. The highest BCUT2D eigenvalue weighted by Gasteiger charge is 2.22. The molecule has 0 N–H and O–H groups in total. The maximum absolute atomic E-state index is 5.22. The molecule has 1 aromatic carbocycles. The van der Waals surface area contributed by atoms with Crippen molar-refractivity contribution in [3.05, 3.63) is 53.9 Å². The van der Waals surface area contributed by atoms with Crippen molar-refractivity contribution in [2.45, 2.75) is 25.9 Å². The maximum Gasteiger partial charge on any atom is 0.139 e. The molecule has 3 heterocycles. The lowest BCUT2D eigenvalue weighted by molar-refractivity contribution is 0.104.